The molecular weight excluding hydrogens is 370 g/mol. The second kappa shape index (κ2) is 9.07. The first-order valence-corrected chi connectivity index (χ1v) is 11.5. The lowest BCUT2D eigenvalue weighted by Crippen LogP contribution is -2.47. The van der Waals surface area contributed by atoms with Crippen LogP contribution in [0.3, 0.4) is 0 Å². The first-order chi connectivity index (χ1) is 13.3. The lowest BCUT2D eigenvalue weighted by Gasteiger charge is -2.36. The topological polar surface area (TPSA) is 52.7 Å². The lowest BCUT2D eigenvalue weighted by molar-refractivity contribution is 0.248. The fourth-order valence-corrected chi connectivity index (χ4v) is 5.24. The summed E-state index contributed by atoms with van der Waals surface area (Å²) in [5.74, 6) is 0. The van der Waals surface area contributed by atoms with Gasteiger partial charge in [0.2, 0.25) is 10.0 Å². The summed E-state index contributed by atoms with van der Waals surface area (Å²) in [5.41, 5.74) is 3.13. The maximum Gasteiger partial charge on any atom is 0.241 e. The minimum atomic E-state index is -3.48. The molecule has 152 valence electrons. The molecule has 0 spiro atoms. The Kier molecular flexibility index (Phi) is 6.75. The van der Waals surface area contributed by atoms with Crippen LogP contribution in [0.4, 0.5) is 5.69 Å². The second-order valence-electron chi connectivity index (χ2n) is 7.74. The van der Waals surface area contributed by atoms with Gasteiger partial charge in [-0.15, -0.1) is 0 Å². The van der Waals surface area contributed by atoms with Crippen molar-refractivity contribution in [2.45, 2.75) is 38.1 Å². The highest BCUT2D eigenvalue weighted by Gasteiger charge is 2.21. The van der Waals surface area contributed by atoms with Crippen LogP contribution in [0.1, 0.15) is 24.5 Å². The van der Waals surface area contributed by atoms with Crippen LogP contribution in [0.2, 0.25) is 0 Å². The Hall–Kier alpha value is -1.89. The molecule has 0 aromatic heterocycles. The molecule has 1 fully saturated rings. The third kappa shape index (κ3) is 5.34. The van der Waals surface area contributed by atoms with Crippen molar-refractivity contribution in [3.8, 4) is 0 Å². The standard InChI is InChI=1S/C22H31N3O2S/c1-18-9-10-22(19(2)17-18)28(26,27)23-20(3)11-12-24-13-15-25(16-14-24)21-7-5-4-6-8-21/h4-10,17,20,23H,11-16H2,1-3H3. The molecule has 1 unspecified atom stereocenters. The van der Waals surface area contributed by atoms with Crippen molar-refractivity contribution in [3.05, 3.63) is 59.7 Å². The minimum absolute atomic E-state index is 0.0992. The number of hydrogen-bond donors (Lipinski definition) is 1. The van der Waals surface area contributed by atoms with E-state index in [1.165, 1.54) is 5.69 Å². The molecule has 2 aromatic carbocycles. The fraction of sp³-hybridized carbons (Fsp3) is 0.455. The van der Waals surface area contributed by atoms with Gasteiger partial charge in [-0.1, -0.05) is 35.9 Å². The first-order valence-electron chi connectivity index (χ1n) is 9.97. The number of aryl methyl sites for hydroxylation is 2. The van der Waals surface area contributed by atoms with Crippen LogP contribution in [-0.4, -0.2) is 52.1 Å². The highest BCUT2D eigenvalue weighted by molar-refractivity contribution is 7.89. The van der Waals surface area contributed by atoms with Crippen molar-refractivity contribution >= 4 is 15.7 Å². The quantitative estimate of drug-likeness (QED) is 0.774. The van der Waals surface area contributed by atoms with Crippen molar-refractivity contribution < 1.29 is 8.42 Å². The van der Waals surface area contributed by atoms with Gasteiger partial charge < -0.3 is 4.90 Å². The summed E-state index contributed by atoms with van der Waals surface area (Å²) < 4.78 is 28.2. The zero-order chi connectivity index (χ0) is 20.1. The molecule has 3 rings (SSSR count). The van der Waals surface area contributed by atoms with Gasteiger partial charge in [-0.2, -0.15) is 0 Å². The summed E-state index contributed by atoms with van der Waals surface area (Å²) in [5, 5.41) is 0. The molecule has 1 N–H and O–H groups in total. The van der Waals surface area contributed by atoms with E-state index in [1.54, 1.807) is 6.07 Å². The van der Waals surface area contributed by atoms with E-state index in [0.29, 0.717) is 4.90 Å². The van der Waals surface area contributed by atoms with Crippen LogP contribution >= 0.6 is 0 Å². The van der Waals surface area contributed by atoms with Gasteiger partial charge in [-0.3, -0.25) is 4.90 Å². The smallest absolute Gasteiger partial charge is 0.241 e. The summed E-state index contributed by atoms with van der Waals surface area (Å²) in [6, 6.07) is 15.8. The van der Waals surface area contributed by atoms with Crippen LogP contribution in [0, 0.1) is 13.8 Å². The Bertz CT molecular complexity index is 876. The van der Waals surface area contributed by atoms with Gasteiger partial charge in [0.25, 0.3) is 0 Å². The normalized spacial score (nSPS) is 16.9. The molecule has 1 saturated heterocycles. The third-order valence-electron chi connectivity index (χ3n) is 5.35. The van der Waals surface area contributed by atoms with Gasteiger partial charge in [-0.25, -0.2) is 13.1 Å². The highest BCUT2D eigenvalue weighted by Crippen LogP contribution is 2.18. The van der Waals surface area contributed by atoms with E-state index < -0.39 is 10.0 Å². The summed E-state index contributed by atoms with van der Waals surface area (Å²) in [4.78, 5) is 5.20. The average Bonchev–Trinajstić information content (AvgIpc) is 2.67. The van der Waals surface area contributed by atoms with Crippen molar-refractivity contribution in [2.24, 2.45) is 0 Å². The molecule has 5 nitrogen and oxygen atoms in total. The number of sulfonamides is 1. The van der Waals surface area contributed by atoms with Gasteiger partial charge in [-0.05, 0) is 57.5 Å². The molecule has 0 amide bonds. The monoisotopic (exact) mass is 401 g/mol. The van der Waals surface area contributed by atoms with Crippen LogP contribution in [0.25, 0.3) is 0 Å². The summed E-state index contributed by atoms with van der Waals surface area (Å²) >= 11 is 0. The Balaban J connectivity index is 1.47. The zero-order valence-electron chi connectivity index (χ0n) is 17.1. The molecule has 1 atom stereocenters. The molecule has 0 bridgehead atoms. The number of benzene rings is 2. The molecule has 1 aliphatic heterocycles. The number of anilines is 1. The van der Waals surface area contributed by atoms with Crippen molar-refractivity contribution in [1.29, 1.82) is 0 Å². The van der Waals surface area contributed by atoms with Gasteiger partial charge in [0.15, 0.2) is 0 Å². The third-order valence-corrected chi connectivity index (χ3v) is 7.10. The van der Waals surface area contributed by atoms with E-state index in [-0.39, 0.29) is 6.04 Å². The number of rotatable bonds is 7. The number of hydrogen-bond acceptors (Lipinski definition) is 4. The van der Waals surface area contributed by atoms with Gasteiger partial charge in [0.05, 0.1) is 4.90 Å². The Morgan fingerprint density at radius 3 is 2.32 bits per heavy atom. The molecule has 0 radical (unpaired) electrons. The Morgan fingerprint density at radius 2 is 1.68 bits per heavy atom. The highest BCUT2D eigenvalue weighted by atomic mass is 32.2. The van der Waals surface area contributed by atoms with Crippen molar-refractivity contribution in [3.63, 3.8) is 0 Å². The van der Waals surface area contributed by atoms with E-state index in [1.807, 2.05) is 39.0 Å². The fourth-order valence-electron chi connectivity index (χ4n) is 3.73. The van der Waals surface area contributed by atoms with Gasteiger partial charge in [0, 0.05) is 37.9 Å². The number of para-hydroxylation sites is 1. The molecule has 6 heteroatoms. The predicted octanol–water partition coefficient (Wildman–Crippen LogP) is 3.18. The van der Waals surface area contributed by atoms with Crippen molar-refractivity contribution in [2.75, 3.05) is 37.6 Å². The van der Waals surface area contributed by atoms with Crippen LogP contribution in [0.15, 0.2) is 53.4 Å². The van der Waals surface area contributed by atoms with E-state index >= 15 is 0 Å². The molecule has 2 aromatic rings. The van der Waals surface area contributed by atoms with E-state index in [2.05, 4.69) is 38.8 Å². The SMILES string of the molecule is Cc1ccc(S(=O)(=O)NC(C)CCN2CCN(c3ccccc3)CC2)c(C)c1. The number of piperazine rings is 1. The minimum Gasteiger partial charge on any atom is -0.369 e. The number of nitrogens with one attached hydrogen (secondary N) is 1. The van der Waals surface area contributed by atoms with E-state index in [9.17, 15) is 8.42 Å². The summed E-state index contributed by atoms with van der Waals surface area (Å²) in [6.45, 7) is 10.7. The molecule has 28 heavy (non-hydrogen) atoms. The second-order valence-corrected chi connectivity index (χ2v) is 9.43. The largest absolute Gasteiger partial charge is 0.369 e. The average molecular weight is 402 g/mol. The molecule has 1 aliphatic rings. The van der Waals surface area contributed by atoms with E-state index in [4.69, 9.17) is 0 Å². The maximum atomic E-state index is 12.7. The van der Waals surface area contributed by atoms with Gasteiger partial charge >= 0.3 is 0 Å². The van der Waals surface area contributed by atoms with Crippen molar-refractivity contribution in [1.82, 2.24) is 9.62 Å². The number of nitrogens with zero attached hydrogens (tertiary/aromatic N) is 2. The van der Waals surface area contributed by atoms with E-state index in [0.717, 1.165) is 50.3 Å². The molecular formula is C22H31N3O2S. The van der Waals surface area contributed by atoms with Crippen LogP contribution in [0.5, 0.6) is 0 Å². The Morgan fingerprint density at radius 1 is 1.00 bits per heavy atom. The van der Waals surface area contributed by atoms with Crippen LogP contribution < -0.4 is 9.62 Å². The first kappa shape index (κ1) is 20.8. The summed E-state index contributed by atoms with van der Waals surface area (Å²) in [6.07, 6.45) is 0.801. The maximum absolute atomic E-state index is 12.7. The predicted molar refractivity (Wildman–Crippen MR) is 115 cm³/mol. The van der Waals surface area contributed by atoms with Gasteiger partial charge in [0.1, 0.15) is 0 Å². The Labute approximate surface area is 169 Å². The summed E-state index contributed by atoms with van der Waals surface area (Å²) in [7, 11) is -3.48. The lowest BCUT2D eigenvalue weighted by atomic mass is 10.2. The molecule has 0 aliphatic carbocycles. The molecule has 0 saturated carbocycles. The zero-order valence-corrected chi connectivity index (χ0v) is 17.9. The molecule has 1 heterocycles. The van der Waals surface area contributed by atoms with Crippen LogP contribution in [-0.2, 0) is 10.0 Å².